The maximum absolute atomic E-state index is 6.00. The Morgan fingerprint density at radius 2 is 1.50 bits per heavy atom. The molecule has 0 aromatic heterocycles. The molecule has 0 aliphatic carbocycles. The number of morpholine rings is 1. The van der Waals surface area contributed by atoms with Gasteiger partial charge in [-0.25, -0.2) is 0 Å². The molecule has 1 aliphatic heterocycles. The molecule has 2 rings (SSSR count). The lowest BCUT2D eigenvalue weighted by atomic mass is 9.62. The van der Waals surface area contributed by atoms with Crippen molar-refractivity contribution in [2.75, 3.05) is 13.1 Å². The van der Waals surface area contributed by atoms with E-state index in [4.69, 9.17) is 4.74 Å². The molecule has 0 N–H and O–H groups in total. The minimum atomic E-state index is 0.0144. The van der Waals surface area contributed by atoms with Crippen LogP contribution in [0.3, 0.4) is 0 Å². The predicted octanol–water partition coefficient (Wildman–Crippen LogP) is 4.69. The van der Waals surface area contributed by atoms with Gasteiger partial charge in [-0.05, 0) is 30.7 Å². The van der Waals surface area contributed by atoms with E-state index in [-0.39, 0.29) is 23.2 Å². The maximum atomic E-state index is 6.00. The molecule has 1 saturated heterocycles. The van der Waals surface area contributed by atoms with Crippen LogP contribution in [0.2, 0.25) is 0 Å². The Kier molecular flexibility index (Phi) is 5.03. The van der Waals surface area contributed by atoms with Crippen LogP contribution in [0.5, 0.6) is 0 Å². The standard InChI is InChI=1S/C20H33NO/c1-15(2)20(19(5,6)7,18-11-9-8-10-12-18)21-13-16(3)22-17(4)14-21/h8-12,15-17H,13-14H2,1-7H3/t16-,17+,20?. The summed E-state index contributed by atoms with van der Waals surface area (Å²) >= 11 is 0. The van der Waals surface area contributed by atoms with Gasteiger partial charge in [-0.3, -0.25) is 4.90 Å². The van der Waals surface area contributed by atoms with Crippen molar-refractivity contribution in [2.24, 2.45) is 11.3 Å². The first-order valence-corrected chi connectivity index (χ1v) is 8.65. The third kappa shape index (κ3) is 2.96. The Hall–Kier alpha value is -0.860. The number of rotatable bonds is 3. The van der Waals surface area contributed by atoms with Gasteiger partial charge in [-0.2, -0.15) is 0 Å². The smallest absolute Gasteiger partial charge is 0.0678 e. The van der Waals surface area contributed by atoms with Crippen LogP contribution in [0.4, 0.5) is 0 Å². The zero-order chi connectivity index (χ0) is 16.5. The number of hydrogen-bond acceptors (Lipinski definition) is 2. The zero-order valence-corrected chi connectivity index (χ0v) is 15.4. The van der Waals surface area contributed by atoms with E-state index in [0.717, 1.165) is 13.1 Å². The number of nitrogens with zero attached hydrogens (tertiary/aromatic N) is 1. The van der Waals surface area contributed by atoms with E-state index < -0.39 is 0 Å². The van der Waals surface area contributed by atoms with Gasteiger partial charge in [0.15, 0.2) is 0 Å². The van der Waals surface area contributed by atoms with Crippen LogP contribution >= 0.6 is 0 Å². The van der Waals surface area contributed by atoms with Gasteiger partial charge in [-0.1, -0.05) is 65.0 Å². The number of hydrogen-bond donors (Lipinski definition) is 0. The fraction of sp³-hybridized carbons (Fsp3) is 0.700. The summed E-state index contributed by atoms with van der Waals surface area (Å²) in [7, 11) is 0. The highest BCUT2D eigenvalue weighted by Gasteiger charge is 2.51. The van der Waals surface area contributed by atoms with Gasteiger partial charge in [0, 0.05) is 13.1 Å². The van der Waals surface area contributed by atoms with Gasteiger partial charge in [0.25, 0.3) is 0 Å². The third-order valence-electron chi connectivity index (χ3n) is 5.11. The molecule has 0 saturated carbocycles. The van der Waals surface area contributed by atoms with Gasteiger partial charge in [0.05, 0.1) is 17.7 Å². The van der Waals surface area contributed by atoms with Crippen molar-refractivity contribution in [3.05, 3.63) is 35.9 Å². The summed E-state index contributed by atoms with van der Waals surface area (Å²) in [5, 5.41) is 0. The van der Waals surface area contributed by atoms with Gasteiger partial charge in [-0.15, -0.1) is 0 Å². The molecule has 1 unspecified atom stereocenters. The molecule has 22 heavy (non-hydrogen) atoms. The summed E-state index contributed by atoms with van der Waals surface area (Å²) < 4.78 is 6.00. The van der Waals surface area contributed by atoms with Crippen LogP contribution in [0.15, 0.2) is 30.3 Å². The Labute approximate surface area is 136 Å². The van der Waals surface area contributed by atoms with Crippen molar-refractivity contribution in [1.82, 2.24) is 4.90 Å². The van der Waals surface area contributed by atoms with Gasteiger partial charge in [0.2, 0.25) is 0 Å². The number of benzene rings is 1. The molecular formula is C20H33NO. The molecule has 0 bridgehead atoms. The molecule has 1 aromatic rings. The fourth-order valence-electron chi connectivity index (χ4n) is 4.81. The Bertz CT molecular complexity index is 466. The summed E-state index contributed by atoms with van der Waals surface area (Å²) in [6.45, 7) is 18.2. The van der Waals surface area contributed by atoms with Gasteiger partial charge >= 0.3 is 0 Å². The van der Waals surface area contributed by atoms with Crippen LogP contribution in [0.1, 0.15) is 54.0 Å². The summed E-state index contributed by atoms with van der Waals surface area (Å²) in [4.78, 5) is 2.69. The van der Waals surface area contributed by atoms with Crippen LogP contribution in [-0.2, 0) is 10.3 Å². The molecule has 0 spiro atoms. The zero-order valence-electron chi connectivity index (χ0n) is 15.4. The second-order valence-corrected chi connectivity index (χ2v) is 8.20. The molecule has 3 atom stereocenters. The average Bonchev–Trinajstić information content (AvgIpc) is 2.37. The summed E-state index contributed by atoms with van der Waals surface area (Å²) in [5.41, 5.74) is 1.58. The largest absolute Gasteiger partial charge is 0.373 e. The molecule has 0 amide bonds. The van der Waals surface area contributed by atoms with Crippen LogP contribution in [0, 0.1) is 11.3 Å². The fourth-order valence-corrected chi connectivity index (χ4v) is 4.81. The van der Waals surface area contributed by atoms with Crippen molar-refractivity contribution >= 4 is 0 Å². The van der Waals surface area contributed by atoms with Crippen molar-refractivity contribution in [2.45, 2.75) is 66.2 Å². The normalized spacial score (nSPS) is 26.9. The SMILES string of the molecule is CC(C)C(c1ccccc1)(N1C[C@@H](C)O[C@@H](C)C1)C(C)(C)C. The Balaban J connectivity index is 2.59. The lowest BCUT2D eigenvalue weighted by Crippen LogP contribution is -2.63. The van der Waals surface area contributed by atoms with Crippen molar-refractivity contribution in [3.63, 3.8) is 0 Å². The molecule has 2 nitrogen and oxygen atoms in total. The molecule has 2 heteroatoms. The molecule has 1 aromatic carbocycles. The molecule has 1 aliphatic rings. The lowest BCUT2D eigenvalue weighted by molar-refractivity contribution is -0.145. The Morgan fingerprint density at radius 1 is 1.00 bits per heavy atom. The summed E-state index contributed by atoms with van der Waals surface area (Å²) in [6, 6.07) is 11.1. The first kappa shape index (κ1) is 17.5. The second kappa shape index (κ2) is 6.33. The van der Waals surface area contributed by atoms with Crippen molar-refractivity contribution in [1.29, 1.82) is 0 Å². The van der Waals surface area contributed by atoms with Gasteiger partial charge < -0.3 is 4.74 Å². The molecular weight excluding hydrogens is 270 g/mol. The molecule has 124 valence electrons. The predicted molar refractivity (Wildman–Crippen MR) is 94.0 cm³/mol. The quantitative estimate of drug-likeness (QED) is 0.803. The van der Waals surface area contributed by atoms with Crippen LogP contribution in [0.25, 0.3) is 0 Å². The van der Waals surface area contributed by atoms with E-state index >= 15 is 0 Å². The maximum Gasteiger partial charge on any atom is 0.0678 e. The highest BCUT2D eigenvalue weighted by atomic mass is 16.5. The van der Waals surface area contributed by atoms with E-state index in [1.807, 2.05) is 0 Å². The summed E-state index contributed by atoms with van der Waals surface area (Å²) in [6.07, 6.45) is 0.570. The minimum absolute atomic E-state index is 0.0144. The van der Waals surface area contributed by atoms with E-state index in [9.17, 15) is 0 Å². The van der Waals surface area contributed by atoms with Crippen LogP contribution < -0.4 is 0 Å². The average molecular weight is 303 g/mol. The highest BCUT2D eigenvalue weighted by molar-refractivity contribution is 5.29. The topological polar surface area (TPSA) is 12.5 Å². The number of ether oxygens (including phenoxy) is 1. The van der Waals surface area contributed by atoms with Crippen LogP contribution in [-0.4, -0.2) is 30.2 Å². The molecule has 1 fully saturated rings. The monoisotopic (exact) mass is 303 g/mol. The van der Waals surface area contributed by atoms with Crippen molar-refractivity contribution in [3.8, 4) is 0 Å². The van der Waals surface area contributed by atoms with E-state index in [0.29, 0.717) is 5.92 Å². The highest BCUT2D eigenvalue weighted by Crippen LogP contribution is 2.50. The first-order chi connectivity index (χ1) is 10.2. The second-order valence-electron chi connectivity index (χ2n) is 8.20. The van der Waals surface area contributed by atoms with Crippen molar-refractivity contribution < 1.29 is 4.74 Å². The lowest BCUT2D eigenvalue weighted by Gasteiger charge is -2.58. The van der Waals surface area contributed by atoms with E-state index in [2.05, 4.69) is 83.7 Å². The molecule has 0 radical (unpaired) electrons. The first-order valence-electron chi connectivity index (χ1n) is 8.65. The minimum Gasteiger partial charge on any atom is -0.373 e. The van der Waals surface area contributed by atoms with Gasteiger partial charge in [0.1, 0.15) is 0 Å². The Morgan fingerprint density at radius 3 is 1.91 bits per heavy atom. The third-order valence-corrected chi connectivity index (χ3v) is 5.11. The van der Waals surface area contributed by atoms with E-state index in [1.165, 1.54) is 5.56 Å². The summed E-state index contributed by atoms with van der Waals surface area (Å²) in [5.74, 6) is 0.521. The van der Waals surface area contributed by atoms with E-state index in [1.54, 1.807) is 0 Å². The molecule has 1 heterocycles.